The molecule has 0 radical (unpaired) electrons. The Labute approximate surface area is 109 Å². The summed E-state index contributed by atoms with van der Waals surface area (Å²) in [5.41, 5.74) is 1.59. The van der Waals surface area contributed by atoms with Gasteiger partial charge in [0.1, 0.15) is 11.4 Å². The van der Waals surface area contributed by atoms with Crippen molar-refractivity contribution in [3.8, 4) is 17.3 Å². The van der Waals surface area contributed by atoms with Crippen molar-refractivity contribution in [3.63, 3.8) is 0 Å². The first kappa shape index (κ1) is 11.4. The van der Waals surface area contributed by atoms with Crippen LogP contribution in [0.3, 0.4) is 0 Å². The summed E-state index contributed by atoms with van der Waals surface area (Å²) in [6.45, 7) is 0. The SMILES string of the molecule is Oc1cccc(Cc2nc(-c3ccccn3)no2)c1. The minimum Gasteiger partial charge on any atom is -0.508 e. The van der Waals surface area contributed by atoms with Gasteiger partial charge in [-0.05, 0) is 29.8 Å². The highest BCUT2D eigenvalue weighted by molar-refractivity contribution is 5.47. The molecule has 1 N–H and O–H groups in total. The van der Waals surface area contributed by atoms with E-state index in [1.54, 1.807) is 24.4 Å². The van der Waals surface area contributed by atoms with Crippen molar-refractivity contribution in [1.82, 2.24) is 15.1 Å². The lowest BCUT2D eigenvalue weighted by Crippen LogP contribution is -1.89. The van der Waals surface area contributed by atoms with Gasteiger partial charge in [0.05, 0.1) is 6.42 Å². The topological polar surface area (TPSA) is 72.0 Å². The Balaban J connectivity index is 1.82. The van der Waals surface area contributed by atoms with Gasteiger partial charge in [-0.2, -0.15) is 4.98 Å². The number of nitrogens with zero attached hydrogens (tertiary/aromatic N) is 3. The highest BCUT2D eigenvalue weighted by atomic mass is 16.5. The van der Waals surface area contributed by atoms with Crippen molar-refractivity contribution in [1.29, 1.82) is 0 Å². The number of phenolic OH excluding ortho intramolecular Hbond substituents is 1. The van der Waals surface area contributed by atoms with Crippen LogP contribution >= 0.6 is 0 Å². The molecule has 19 heavy (non-hydrogen) atoms. The summed E-state index contributed by atoms with van der Waals surface area (Å²) in [6, 6.07) is 12.5. The van der Waals surface area contributed by atoms with Crippen molar-refractivity contribution in [2.75, 3.05) is 0 Å². The van der Waals surface area contributed by atoms with Crippen molar-refractivity contribution < 1.29 is 9.63 Å². The fourth-order valence-electron chi connectivity index (χ4n) is 1.77. The van der Waals surface area contributed by atoms with Gasteiger partial charge in [-0.25, -0.2) is 0 Å². The van der Waals surface area contributed by atoms with Crippen LogP contribution in [0.15, 0.2) is 53.2 Å². The molecule has 0 bridgehead atoms. The first-order chi connectivity index (χ1) is 9.31. The van der Waals surface area contributed by atoms with Crippen molar-refractivity contribution >= 4 is 0 Å². The number of hydrogen-bond donors (Lipinski definition) is 1. The third-order valence-corrected chi connectivity index (χ3v) is 2.63. The van der Waals surface area contributed by atoms with Gasteiger partial charge in [0.15, 0.2) is 0 Å². The summed E-state index contributed by atoms with van der Waals surface area (Å²) < 4.78 is 5.18. The van der Waals surface area contributed by atoms with Crippen molar-refractivity contribution in [2.24, 2.45) is 0 Å². The van der Waals surface area contributed by atoms with Crippen LogP contribution in [-0.2, 0) is 6.42 Å². The first-order valence-corrected chi connectivity index (χ1v) is 5.83. The molecule has 2 heterocycles. The maximum atomic E-state index is 9.40. The van der Waals surface area contributed by atoms with E-state index in [-0.39, 0.29) is 5.75 Å². The van der Waals surface area contributed by atoms with Crippen LogP contribution in [0.5, 0.6) is 5.75 Å². The average Bonchev–Trinajstić information content (AvgIpc) is 2.88. The minimum absolute atomic E-state index is 0.224. The molecule has 5 heteroatoms. The Kier molecular flexibility index (Phi) is 2.94. The Morgan fingerprint density at radius 2 is 2.05 bits per heavy atom. The van der Waals surface area contributed by atoms with Crippen LogP contribution in [0.25, 0.3) is 11.5 Å². The molecule has 0 fully saturated rings. The fraction of sp³-hybridized carbons (Fsp3) is 0.0714. The van der Waals surface area contributed by atoms with Crippen LogP contribution in [0.4, 0.5) is 0 Å². The molecular weight excluding hydrogens is 242 g/mol. The average molecular weight is 253 g/mol. The highest BCUT2D eigenvalue weighted by Crippen LogP contribution is 2.16. The van der Waals surface area contributed by atoms with Gasteiger partial charge >= 0.3 is 0 Å². The van der Waals surface area contributed by atoms with Gasteiger partial charge in [0, 0.05) is 6.20 Å². The van der Waals surface area contributed by atoms with E-state index in [0.717, 1.165) is 5.56 Å². The van der Waals surface area contributed by atoms with E-state index < -0.39 is 0 Å². The number of benzene rings is 1. The number of phenols is 1. The molecule has 0 amide bonds. The molecule has 5 nitrogen and oxygen atoms in total. The van der Waals surface area contributed by atoms with Crippen LogP contribution < -0.4 is 0 Å². The summed E-state index contributed by atoms with van der Waals surface area (Å²) in [6.07, 6.45) is 2.16. The monoisotopic (exact) mass is 253 g/mol. The zero-order valence-corrected chi connectivity index (χ0v) is 10.0. The molecule has 0 aliphatic carbocycles. The largest absolute Gasteiger partial charge is 0.508 e. The normalized spacial score (nSPS) is 10.5. The quantitative estimate of drug-likeness (QED) is 0.776. The van der Waals surface area contributed by atoms with E-state index in [1.165, 1.54) is 0 Å². The predicted octanol–water partition coefficient (Wildman–Crippen LogP) is 2.43. The molecule has 0 aliphatic heterocycles. The van der Waals surface area contributed by atoms with Crippen LogP contribution in [0.2, 0.25) is 0 Å². The Morgan fingerprint density at radius 1 is 1.11 bits per heavy atom. The molecule has 94 valence electrons. The molecule has 2 aromatic heterocycles. The highest BCUT2D eigenvalue weighted by Gasteiger charge is 2.09. The fourth-order valence-corrected chi connectivity index (χ4v) is 1.77. The lowest BCUT2D eigenvalue weighted by atomic mass is 10.1. The molecule has 1 aromatic carbocycles. The first-order valence-electron chi connectivity index (χ1n) is 5.83. The molecule has 0 atom stereocenters. The summed E-state index contributed by atoms with van der Waals surface area (Å²) in [7, 11) is 0. The van der Waals surface area contributed by atoms with Crippen LogP contribution in [-0.4, -0.2) is 20.2 Å². The molecule has 0 saturated heterocycles. The molecular formula is C14H11N3O2. The van der Waals surface area contributed by atoms with Gasteiger partial charge in [0.25, 0.3) is 0 Å². The van der Waals surface area contributed by atoms with Crippen LogP contribution in [0.1, 0.15) is 11.5 Å². The summed E-state index contributed by atoms with van der Waals surface area (Å²) in [4.78, 5) is 8.44. The number of hydrogen-bond acceptors (Lipinski definition) is 5. The molecule has 0 aliphatic rings. The second-order valence-electron chi connectivity index (χ2n) is 4.07. The van der Waals surface area contributed by atoms with Crippen molar-refractivity contribution in [3.05, 3.63) is 60.1 Å². The van der Waals surface area contributed by atoms with Gasteiger partial charge in [-0.1, -0.05) is 23.4 Å². The molecule has 0 saturated carbocycles. The predicted molar refractivity (Wildman–Crippen MR) is 68.4 cm³/mol. The smallest absolute Gasteiger partial charge is 0.231 e. The lowest BCUT2D eigenvalue weighted by molar-refractivity contribution is 0.385. The number of rotatable bonds is 3. The van der Waals surface area contributed by atoms with Crippen LogP contribution in [0, 0.1) is 0 Å². The third-order valence-electron chi connectivity index (χ3n) is 2.63. The van der Waals surface area contributed by atoms with E-state index in [2.05, 4.69) is 15.1 Å². The molecule has 0 unspecified atom stereocenters. The van der Waals surface area contributed by atoms with Gasteiger partial charge in [-0.3, -0.25) is 4.98 Å². The number of aromatic nitrogens is 3. The summed E-state index contributed by atoms with van der Waals surface area (Å²) in [5.74, 6) is 1.18. The Morgan fingerprint density at radius 3 is 2.84 bits per heavy atom. The second kappa shape index (κ2) is 4.89. The lowest BCUT2D eigenvalue weighted by Gasteiger charge is -1.96. The summed E-state index contributed by atoms with van der Waals surface area (Å²) in [5, 5.41) is 13.3. The van der Waals surface area contributed by atoms with Gasteiger partial charge < -0.3 is 9.63 Å². The number of aromatic hydroxyl groups is 1. The third kappa shape index (κ3) is 2.60. The second-order valence-corrected chi connectivity index (χ2v) is 4.07. The maximum Gasteiger partial charge on any atom is 0.231 e. The molecule has 0 spiro atoms. The maximum absolute atomic E-state index is 9.40. The standard InChI is InChI=1S/C14H11N3O2/c18-11-5-3-4-10(8-11)9-13-16-14(17-19-13)12-6-1-2-7-15-12/h1-8,18H,9H2. The van der Waals surface area contributed by atoms with E-state index in [4.69, 9.17) is 4.52 Å². The Hall–Kier alpha value is -2.69. The van der Waals surface area contributed by atoms with E-state index in [0.29, 0.717) is 23.8 Å². The zero-order chi connectivity index (χ0) is 13.1. The molecule has 3 rings (SSSR count). The number of pyridine rings is 1. The zero-order valence-electron chi connectivity index (χ0n) is 10.0. The van der Waals surface area contributed by atoms with Gasteiger partial charge in [0.2, 0.25) is 11.7 Å². The van der Waals surface area contributed by atoms with E-state index in [1.807, 2.05) is 24.3 Å². The van der Waals surface area contributed by atoms with Gasteiger partial charge in [-0.15, -0.1) is 0 Å². The van der Waals surface area contributed by atoms with E-state index in [9.17, 15) is 5.11 Å². The minimum atomic E-state index is 0.224. The van der Waals surface area contributed by atoms with E-state index >= 15 is 0 Å². The summed E-state index contributed by atoms with van der Waals surface area (Å²) >= 11 is 0. The van der Waals surface area contributed by atoms with Crippen molar-refractivity contribution in [2.45, 2.75) is 6.42 Å². The Bertz CT molecular complexity index is 680. The molecule has 3 aromatic rings.